The van der Waals surface area contributed by atoms with Crippen molar-refractivity contribution in [3.05, 3.63) is 81.3 Å². The number of carbonyl (C=O) groups is 1. The van der Waals surface area contributed by atoms with Gasteiger partial charge in [0.25, 0.3) is 0 Å². The van der Waals surface area contributed by atoms with Crippen molar-refractivity contribution in [2.45, 2.75) is 52.1 Å². The number of rotatable bonds is 10. The summed E-state index contributed by atoms with van der Waals surface area (Å²) in [7, 11) is 0. The zero-order valence-electron chi connectivity index (χ0n) is 23.7. The van der Waals surface area contributed by atoms with Crippen molar-refractivity contribution < 1.29 is 41.7 Å². The lowest BCUT2D eigenvalue weighted by atomic mass is 10.1. The maximum absolute atomic E-state index is 13.7. The molecule has 0 saturated carbocycles. The molecular weight excluding hydrogens is 638 g/mol. The van der Waals surface area contributed by atoms with Crippen molar-refractivity contribution in [3.63, 3.8) is 0 Å². The average molecular weight is 668 g/mol. The second-order valence-electron chi connectivity index (χ2n) is 10.1. The number of aliphatic hydroxyl groups is 1. The van der Waals surface area contributed by atoms with E-state index >= 15 is 0 Å². The number of carbonyl (C=O) groups excluding carboxylic acids is 1. The molecule has 0 atom stereocenters. The van der Waals surface area contributed by atoms with E-state index in [9.17, 15) is 27.5 Å². The topological polar surface area (TPSA) is 94.0 Å². The Morgan fingerprint density at radius 1 is 1.05 bits per heavy atom. The Hall–Kier alpha value is -3.89. The number of aliphatic hydroxyl groups excluding tert-OH is 1. The van der Waals surface area contributed by atoms with Crippen LogP contribution in [0.15, 0.2) is 53.1 Å². The number of hydrogen-bond donors (Lipinski definition) is 1. The summed E-state index contributed by atoms with van der Waals surface area (Å²) in [4.78, 5) is 14.1. The molecule has 2 aromatic carbocycles. The van der Waals surface area contributed by atoms with E-state index in [0.29, 0.717) is 34.1 Å². The molecule has 230 valence electrons. The largest absolute Gasteiger partial charge is 0.493 e. The fourth-order valence-electron chi connectivity index (χ4n) is 3.59. The summed E-state index contributed by atoms with van der Waals surface area (Å²) in [6.45, 7) is 4.56. The SMILES string of the molecule is CC(C)(C)OC(=O)N(CCO)Cc1cc(OCCC#Cc2ccc(Br)nn2)ccc1OCc1ccc(F)c(C(F)(F)F)c1. The molecule has 3 aromatic rings. The second-order valence-corrected chi connectivity index (χ2v) is 10.9. The minimum atomic E-state index is -4.86. The van der Waals surface area contributed by atoms with Crippen molar-refractivity contribution >= 4 is 22.0 Å². The van der Waals surface area contributed by atoms with Gasteiger partial charge in [0.15, 0.2) is 0 Å². The first-order chi connectivity index (χ1) is 20.2. The third-order valence-corrected chi connectivity index (χ3v) is 5.91. The van der Waals surface area contributed by atoms with Crippen LogP contribution < -0.4 is 9.47 Å². The molecule has 3 rings (SSSR count). The number of nitrogens with zero attached hydrogens (tertiary/aromatic N) is 3. The van der Waals surface area contributed by atoms with Gasteiger partial charge in [-0.1, -0.05) is 12.0 Å². The number of halogens is 5. The van der Waals surface area contributed by atoms with Crippen LogP contribution in [0.2, 0.25) is 0 Å². The first-order valence-electron chi connectivity index (χ1n) is 13.1. The van der Waals surface area contributed by atoms with Gasteiger partial charge in [0.1, 0.15) is 39.8 Å². The van der Waals surface area contributed by atoms with Crippen LogP contribution in [-0.4, -0.2) is 51.7 Å². The highest BCUT2D eigenvalue weighted by Gasteiger charge is 2.34. The average Bonchev–Trinajstić information content (AvgIpc) is 2.92. The summed E-state index contributed by atoms with van der Waals surface area (Å²) < 4.78 is 71.0. The van der Waals surface area contributed by atoms with E-state index in [2.05, 4.69) is 38.0 Å². The zero-order valence-corrected chi connectivity index (χ0v) is 25.3. The Morgan fingerprint density at radius 2 is 1.81 bits per heavy atom. The summed E-state index contributed by atoms with van der Waals surface area (Å²) in [5.74, 6) is 5.09. The molecule has 1 aromatic heterocycles. The summed E-state index contributed by atoms with van der Waals surface area (Å²) in [5, 5.41) is 17.4. The lowest BCUT2D eigenvalue weighted by Gasteiger charge is -2.27. The molecule has 1 amide bonds. The summed E-state index contributed by atoms with van der Waals surface area (Å²) in [6.07, 6.45) is -5.18. The molecule has 0 radical (unpaired) electrons. The quantitative estimate of drug-likeness (QED) is 0.149. The van der Waals surface area contributed by atoms with Gasteiger partial charge >= 0.3 is 12.3 Å². The number of aromatic nitrogens is 2. The number of ether oxygens (including phenoxy) is 3. The Kier molecular flexibility index (Phi) is 11.7. The normalized spacial score (nSPS) is 11.4. The molecule has 1 N–H and O–H groups in total. The molecule has 0 unspecified atom stereocenters. The standard InChI is InChI=1S/C30H30BrF4N3O5/c1-29(2,3)43-28(40)38(13-14-39)18-21-17-23(41-15-5-4-6-22-8-12-27(31)37-36-22)9-11-26(21)42-19-20-7-10-25(32)24(16-20)30(33,34)35/h7-12,16-17,39H,5,13-15,18-19H2,1-3H3. The van der Waals surface area contributed by atoms with Gasteiger partial charge in [-0.25, -0.2) is 9.18 Å². The van der Waals surface area contributed by atoms with Gasteiger partial charge in [-0.05, 0) is 90.6 Å². The number of hydrogen-bond acceptors (Lipinski definition) is 7. The molecule has 0 aliphatic rings. The van der Waals surface area contributed by atoms with Crippen molar-refractivity contribution in [1.29, 1.82) is 0 Å². The molecule has 8 nitrogen and oxygen atoms in total. The minimum absolute atomic E-state index is 0.0547. The molecule has 0 aliphatic carbocycles. The third kappa shape index (κ3) is 11.0. The fourth-order valence-corrected chi connectivity index (χ4v) is 3.81. The van der Waals surface area contributed by atoms with E-state index in [-0.39, 0.29) is 44.2 Å². The Morgan fingerprint density at radius 3 is 2.47 bits per heavy atom. The van der Waals surface area contributed by atoms with E-state index in [1.807, 2.05) is 0 Å². The van der Waals surface area contributed by atoms with Crippen LogP contribution in [0, 0.1) is 17.7 Å². The van der Waals surface area contributed by atoms with Crippen LogP contribution in [0.4, 0.5) is 22.4 Å². The maximum Gasteiger partial charge on any atom is 0.419 e. The van der Waals surface area contributed by atoms with Gasteiger partial charge in [-0.15, -0.1) is 10.2 Å². The molecule has 0 aliphatic heterocycles. The van der Waals surface area contributed by atoms with Crippen molar-refractivity contribution in [1.82, 2.24) is 15.1 Å². The minimum Gasteiger partial charge on any atom is -0.493 e. The Labute approximate surface area is 255 Å². The van der Waals surface area contributed by atoms with E-state index in [4.69, 9.17) is 14.2 Å². The molecule has 13 heteroatoms. The monoisotopic (exact) mass is 667 g/mol. The zero-order chi connectivity index (χ0) is 31.6. The van der Waals surface area contributed by atoms with E-state index < -0.39 is 29.3 Å². The van der Waals surface area contributed by atoms with Gasteiger partial charge in [0, 0.05) is 18.5 Å². The molecule has 43 heavy (non-hydrogen) atoms. The molecule has 0 fully saturated rings. The molecule has 1 heterocycles. The number of alkyl halides is 3. The molecule has 0 saturated heterocycles. The first kappa shape index (κ1) is 33.6. The Balaban J connectivity index is 1.80. The lowest BCUT2D eigenvalue weighted by molar-refractivity contribution is -0.140. The highest BCUT2D eigenvalue weighted by atomic mass is 79.9. The summed E-state index contributed by atoms with van der Waals surface area (Å²) >= 11 is 3.21. The van der Waals surface area contributed by atoms with Crippen molar-refractivity contribution in [2.24, 2.45) is 0 Å². The smallest absolute Gasteiger partial charge is 0.419 e. The predicted molar refractivity (Wildman–Crippen MR) is 153 cm³/mol. The third-order valence-electron chi connectivity index (χ3n) is 5.49. The molecule has 0 spiro atoms. The highest BCUT2D eigenvalue weighted by Crippen LogP contribution is 2.33. The van der Waals surface area contributed by atoms with Crippen LogP contribution in [0.5, 0.6) is 11.5 Å². The fraction of sp³-hybridized carbons (Fsp3) is 0.367. The summed E-state index contributed by atoms with van der Waals surface area (Å²) in [6, 6.07) is 10.8. The molecular formula is C30H30BrF4N3O5. The molecule has 0 bridgehead atoms. The second kappa shape index (κ2) is 15.0. The van der Waals surface area contributed by atoms with Crippen molar-refractivity contribution in [3.8, 4) is 23.3 Å². The first-order valence-corrected chi connectivity index (χ1v) is 13.9. The van der Waals surface area contributed by atoms with Gasteiger partial charge in [-0.2, -0.15) is 13.2 Å². The van der Waals surface area contributed by atoms with Crippen LogP contribution in [0.1, 0.15) is 49.6 Å². The highest BCUT2D eigenvalue weighted by molar-refractivity contribution is 9.10. The lowest BCUT2D eigenvalue weighted by Crippen LogP contribution is -2.38. The van der Waals surface area contributed by atoms with E-state index in [1.54, 1.807) is 51.1 Å². The van der Waals surface area contributed by atoms with Crippen LogP contribution in [0.3, 0.4) is 0 Å². The van der Waals surface area contributed by atoms with Gasteiger partial charge < -0.3 is 24.2 Å². The van der Waals surface area contributed by atoms with Crippen LogP contribution in [-0.2, 0) is 24.1 Å². The number of amides is 1. The van der Waals surface area contributed by atoms with Crippen LogP contribution in [0.25, 0.3) is 0 Å². The van der Waals surface area contributed by atoms with E-state index in [0.717, 1.165) is 6.07 Å². The van der Waals surface area contributed by atoms with Crippen molar-refractivity contribution in [2.75, 3.05) is 19.8 Å². The predicted octanol–water partition coefficient (Wildman–Crippen LogP) is 6.53. The van der Waals surface area contributed by atoms with Gasteiger partial charge in [-0.3, -0.25) is 0 Å². The Bertz CT molecular complexity index is 1450. The number of benzene rings is 2. The van der Waals surface area contributed by atoms with E-state index in [1.165, 1.54) is 11.0 Å². The van der Waals surface area contributed by atoms with Crippen LogP contribution >= 0.6 is 15.9 Å². The maximum atomic E-state index is 13.7. The van der Waals surface area contributed by atoms with Gasteiger partial charge in [0.05, 0.1) is 25.3 Å². The van der Waals surface area contributed by atoms with Gasteiger partial charge in [0.2, 0.25) is 0 Å². The summed E-state index contributed by atoms with van der Waals surface area (Å²) in [5.41, 5.74) is -1.16.